The molecule has 2 heteroatoms. The minimum absolute atomic E-state index is 0.905. The molecule has 0 aliphatic carbocycles. The van der Waals surface area contributed by atoms with Crippen molar-refractivity contribution in [1.29, 1.82) is 0 Å². The molecule has 1 aromatic heterocycles. The highest BCUT2D eigenvalue weighted by atomic mass is 16.3. The fourth-order valence-corrected chi connectivity index (χ4v) is 8.55. The number of hydrogen-bond donors (Lipinski definition) is 0. The minimum Gasteiger partial charge on any atom is -0.455 e. The summed E-state index contributed by atoms with van der Waals surface area (Å²) in [5.74, 6) is 0. The minimum atomic E-state index is 0.905. The van der Waals surface area contributed by atoms with E-state index in [4.69, 9.17) is 4.42 Å². The number of benzene rings is 10. The molecule has 0 aliphatic heterocycles. The molecule has 11 rings (SSSR count). The van der Waals surface area contributed by atoms with Crippen LogP contribution in [-0.4, -0.2) is 0 Å². The van der Waals surface area contributed by atoms with E-state index >= 15 is 0 Å². The third-order valence-electron chi connectivity index (χ3n) is 11.4. The van der Waals surface area contributed by atoms with Crippen molar-refractivity contribution in [2.75, 3.05) is 4.90 Å². The Bertz CT molecular complexity index is 3280. The molecule has 58 heavy (non-hydrogen) atoms. The summed E-state index contributed by atoms with van der Waals surface area (Å²) < 4.78 is 6.43. The molecule has 0 fully saturated rings. The normalized spacial score (nSPS) is 11.4. The van der Waals surface area contributed by atoms with Crippen LogP contribution in [0.2, 0.25) is 0 Å². The van der Waals surface area contributed by atoms with Crippen LogP contribution in [0.15, 0.2) is 229 Å². The molecule has 0 bridgehead atoms. The van der Waals surface area contributed by atoms with Gasteiger partial charge in [-0.3, -0.25) is 0 Å². The second-order valence-electron chi connectivity index (χ2n) is 14.9. The molecule has 0 amide bonds. The van der Waals surface area contributed by atoms with Gasteiger partial charge in [-0.25, -0.2) is 0 Å². The lowest BCUT2D eigenvalue weighted by Crippen LogP contribution is -2.10. The van der Waals surface area contributed by atoms with E-state index in [9.17, 15) is 0 Å². The molecule has 2 nitrogen and oxygen atoms in total. The molecule has 10 aromatic carbocycles. The first-order valence-electron chi connectivity index (χ1n) is 19.8. The largest absolute Gasteiger partial charge is 0.455 e. The molecular formula is C56H37NO. The zero-order valence-electron chi connectivity index (χ0n) is 31.7. The Labute approximate surface area is 337 Å². The summed E-state index contributed by atoms with van der Waals surface area (Å²) in [5, 5.41) is 7.25. The molecular weight excluding hydrogens is 703 g/mol. The van der Waals surface area contributed by atoms with Crippen molar-refractivity contribution in [2.24, 2.45) is 0 Å². The molecule has 0 spiro atoms. The summed E-state index contributed by atoms with van der Waals surface area (Å²) in [6, 6.07) is 80.7. The van der Waals surface area contributed by atoms with Crippen molar-refractivity contribution in [2.45, 2.75) is 0 Å². The molecule has 0 aliphatic rings. The number of nitrogens with zero attached hydrogens (tertiary/aromatic N) is 1. The second kappa shape index (κ2) is 14.1. The van der Waals surface area contributed by atoms with Crippen LogP contribution >= 0.6 is 0 Å². The number of para-hydroxylation sites is 2. The lowest BCUT2D eigenvalue weighted by molar-refractivity contribution is 0.670. The van der Waals surface area contributed by atoms with Crippen molar-refractivity contribution in [3.63, 3.8) is 0 Å². The maximum atomic E-state index is 6.43. The van der Waals surface area contributed by atoms with Gasteiger partial charge in [0.15, 0.2) is 0 Å². The molecule has 11 aromatic rings. The van der Waals surface area contributed by atoms with E-state index in [1.807, 2.05) is 12.1 Å². The summed E-state index contributed by atoms with van der Waals surface area (Å²) in [5.41, 5.74) is 14.4. The number of fused-ring (bicyclic) bond motifs is 5. The van der Waals surface area contributed by atoms with E-state index in [0.29, 0.717) is 0 Å². The van der Waals surface area contributed by atoms with E-state index in [1.54, 1.807) is 0 Å². The summed E-state index contributed by atoms with van der Waals surface area (Å²) in [7, 11) is 0. The van der Waals surface area contributed by atoms with E-state index in [1.165, 1.54) is 54.9 Å². The van der Waals surface area contributed by atoms with Crippen LogP contribution < -0.4 is 4.90 Å². The van der Waals surface area contributed by atoms with Gasteiger partial charge >= 0.3 is 0 Å². The number of rotatable bonds is 7. The molecule has 0 unspecified atom stereocenters. The van der Waals surface area contributed by atoms with Gasteiger partial charge in [-0.05, 0) is 115 Å². The third-order valence-corrected chi connectivity index (χ3v) is 11.4. The van der Waals surface area contributed by atoms with Gasteiger partial charge in [0, 0.05) is 33.4 Å². The van der Waals surface area contributed by atoms with Gasteiger partial charge < -0.3 is 9.32 Å². The topological polar surface area (TPSA) is 16.4 Å². The standard InChI is InChI=1S/C56H37NO/c1-2-13-42-36-45(26-25-38(42)11-1)44-16-7-15-43(35-44)39-27-31-47(32-28-39)57(49-18-8-17-46(37-49)51-21-9-14-40-12-3-4-19-50(40)51)48-33-29-41(30-34-48)52-22-10-23-54-53-20-5-6-24-55(53)58-56(52)54/h1-37H. The zero-order valence-corrected chi connectivity index (χ0v) is 31.7. The highest BCUT2D eigenvalue weighted by Crippen LogP contribution is 2.41. The van der Waals surface area contributed by atoms with Crippen LogP contribution in [0.1, 0.15) is 0 Å². The van der Waals surface area contributed by atoms with Crippen molar-refractivity contribution >= 4 is 60.5 Å². The zero-order chi connectivity index (χ0) is 38.4. The first kappa shape index (κ1) is 33.6. The Hall–Kier alpha value is -7.68. The Morgan fingerprint density at radius 1 is 0.276 bits per heavy atom. The van der Waals surface area contributed by atoms with Crippen LogP contribution in [0.4, 0.5) is 17.1 Å². The van der Waals surface area contributed by atoms with E-state index < -0.39 is 0 Å². The highest BCUT2D eigenvalue weighted by molar-refractivity contribution is 6.09. The molecule has 0 atom stereocenters. The second-order valence-corrected chi connectivity index (χ2v) is 14.9. The third kappa shape index (κ3) is 6.00. The van der Waals surface area contributed by atoms with Gasteiger partial charge in [-0.1, -0.05) is 170 Å². The Morgan fingerprint density at radius 2 is 0.828 bits per heavy atom. The van der Waals surface area contributed by atoms with Crippen molar-refractivity contribution in [1.82, 2.24) is 0 Å². The van der Waals surface area contributed by atoms with Crippen molar-refractivity contribution in [3.05, 3.63) is 224 Å². The SMILES string of the molecule is c1cc(-c2ccc(N(c3ccc(-c4cccc5c4oc4ccccc45)cc3)c3cccc(-c4cccc5ccccc45)c3)cc2)cc(-c2ccc3ccccc3c2)c1. The quantitative estimate of drug-likeness (QED) is 0.162. The summed E-state index contributed by atoms with van der Waals surface area (Å²) >= 11 is 0. The van der Waals surface area contributed by atoms with Gasteiger partial charge in [0.25, 0.3) is 0 Å². The first-order chi connectivity index (χ1) is 28.7. The van der Waals surface area contributed by atoms with Crippen LogP contribution in [0.5, 0.6) is 0 Å². The van der Waals surface area contributed by atoms with E-state index in [-0.39, 0.29) is 0 Å². The Kier molecular flexibility index (Phi) is 8.19. The van der Waals surface area contributed by atoms with Crippen LogP contribution in [0.3, 0.4) is 0 Å². The van der Waals surface area contributed by atoms with Crippen LogP contribution in [0, 0.1) is 0 Å². The lowest BCUT2D eigenvalue weighted by atomic mass is 9.96. The van der Waals surface area contributed by atoms with E-state index in [0.717, 1.165) is 50.1 Å². The lowest BCUT2D eigenvalue weighted by Gasteiger charge is -2.26. The molecule has 0 radical (unpaired) electrons. The first-order valence-corrected chi connectivity index (χ1v) is 19.8. The van der Waals surface area contributed by atoms with Crippen molar-refractivity contribution < 1.29 is 4.42 Å². The number of hydrogen-bond acceptors (Lipinski definition) is 2. The maximum Gasteiger partial charge on any atom is 0.143 e. The molecule has 272 valence electrons. The number of furan rings is 1. The van der Waals surface area contributed by atoms with Gasteiger partial charge in [-0.2, -0.15) is 0 Å². The van der Waals surface area contributed by atoms with E-state index in [2.05, 4.69) is 217 Å². The summed E-state index contributed by atoms with van der Waals surface area (Å²) in [6.45, 7) is 0. The van der Waals surface area contributed by atoms with Crippen LogP contribution in [0.25, 0.3) is 88.0 Å². The maximum absolute atomic E-state index is 6.43. The molecule has 1 heterocycles. The number of anilines is 3. The molecule has 0 N–H and O–H groups in total. The van der Waals surface area contributed by atoms with Gasteiger partial charge in [-0.15, -0.1) is 0 Å². The van der Waals surface area contributed by atoms with Crippen molar-refractivity contribution in [3.8, 4) is 44.5 Å². The fraction of sp³-hybridized carbons (Fsp3) is 0. The molecule has 0 saturated heterocycles. The smallest absolute Gasteiger partial charge is 0.143 e. The monoisotopic (exact) mass is 739 g/mol. The molecule has 0 saturated carbocycles. The van der Waals surface area contributed by atoms with Crippen LogP contribution in [-0.2, 0) is 0 Å². The Balaban J connectivity index is 0.992. The fourth-order valence-electron chi connectivity index (χ4n) is 8.55. The summed E-state index contributed by atoms with van der Waals surface area (Å²) in [6.07, 6.45) is 0. The summed E-state index contributed by atoms with van der Waals surface area (Å²) in [4.78, 5) is 2.36. The average molecular weight is 740 g/mol. The predicted octanol–water partition coefficient (Wildman–Crippen LogP) is 16.0. The highest BCUT2D eigenvalue weighted by Gasteiger charge is 2.17. The van der Waals surface area contributed by atoms with Gasteiger partial charge in [0.05, 0.1) is 0 Å². The van der Waals surface area contributed by atoms with Gasteiger partial charge in [0.1, 0.15) is 11.2 Å². The average Bonchev–Trinajstić information content (AvgIpc) is 3.69. The predicted molar refractivity (Wildman–Crippen MR) is 245 cm³/mol. The Morgan fingerprint density at radius 3 is 1.66 bits per heavy atom. The van der Waals surface area contributed by atoms with Gasteiger partial charge in [0.2, 0.25) is 0 Å².